The molecule has 0 amide bonds. The summed E-state index contributed by atoms with van der Waals surface area (Å²) in [5.74, 6) is -0.460. The number of nitrogen functional groups attached to an aromatic ring is 2. The zero-order chi connectivity index (χ0) is 27.3. The lowest BCUT2D eigenvalue weighted by atomic mass is 10.1. The second kappa shape index (κ2) is 11.1. The van der Waals surface area contributed by atoms with E-state index in [1.165, 1.54) is 23.0 Å². The predicted octanol–water partition coefficient (Wildman–Crippen LogP) is 3.44. The van der Waals surface area contributed by atoms with Gasteiger partial charge in [-0.3, -0.25) is 14.2 Å². The van der Waals surface area contributed by atoms with Gasteiger partial charge in [-0.25, -0.2) is 24.4 Å². The fourth-order valence-electron chi connectivity index (χ4n) is 3.48. The van der Waals surface area contributed by atoms with Crippen molar-refractivity contribution in [2.45, 2.75) is 45.8 Å². The second-order valence-corrected chi connectivity index (χ2v) is 8.09. The Morgan fingerprint density at radius 2 is 1.81 bits per heavy atom. The molecular weight excluding hydrogens is 496 g/mol. The van der Waals surface area contributed by atoms with Gasteiger partial charge < -0.3 is 11.5 Å². The SMILES string of the molecule is CCCCCn1cnc2cc(-c3nc(N)ncc3C)c(F)cc2c1=O.Nc1cn[nH]c(=O)c1C(F)(F)F. The molecule has 1 aromatic carbocycles. The van der Waals surface area contributed by atoms with E-state index in [0.29, 0.717) is 23.3 Å². The van der Waals surface area contributed by atoms with E-state index in [4.69, 9.17) is 11.5 Å². The number of nitrogens with zero attached hydrogens (tertiary/aromatic N) is 5. The highest BCUT2D eigenvalue weighted by Crippen LogP contribution is 2.29. The monoisotopic (exact) mass is 520 g/mol. The summed E-state index contributed by atoms with van der Waals surface area (Å²) < 4.78 is 52.1. The Bertz CT molecular complexity index is 1530. The number of unbranched alkanes of at least 4 members (excludes halogenated alkanes) is 2. The average Bonchev–Trinajstić information content (AvgIpc) is 2.82. The molecule has 37 heavy (non-hydrogen) atoms. The lowest BCUT2D eigenvalue weighted by molar-refractivity contribution is -0.138. The van der Waals surface area contributed by atoms with Crippen molar-refractivity contribution >= 4 is 22.5 Å². The number of hydrogen-bond donors (Lipinski definition) is 3. The summed E-state index contributed by atoms with van der Waals surface area (Å²) in [4.78, 5) is 35.5. The third-order valence-electron chi connectivity index (χ3n) is 5.33. The summed E-state index contributed by atoms with van der Waals surface area (Å²) in [6.07, 6.45) is 2.05. The molecular formula is C23H24F4N8O2. The van der Waals surface area contributed by atoms with E-state index in [1.54, 1.807) is 18.2 Å². The first kappa shape index (κ1) is 27.2. The number of aromatic nitrogens is 6. The molecule has 196 valence electrons. The fraction of sp³-hybridized carbons (Fsp3) is 0.304. The minimum Gasteiger partial charge on any atom is -0.397 e. The highest BCUT2D eigenvalue weighted by Gasteiger charge is 2.36. The molecule has 0 aliphatic carbocycles. The maximum absolute atomic E-state index is 14.7. The van der Waals surface area contributed by atoms with E-state index in [9.17, 15) is 27.2 Å². The molecule has 0 spiro atoms. The standard InChI is InChI=1S/C18H20FN5O.C5H4F3N3O/c1-3-4-5-6-24-10-22-15-8-12(14(19)7-13(15)17(24)25)16-11(2)9-21-18(20)23-16;6-5(7,8)3-2(9)1-10-11-4(3)12/h7-10H,3-6H2,1-2H3,(H2,20,21,23);1H,(H3,9,11,12). The summed E-state index contributed by atoms with van der Waals surface area (Å²) in [7, 11) is 0. The lowest BCUT2D eigenvalue weighted by Gasteiger charge is -2.10. The van der Waals surface area contributed by atoms with E-state index in [1.807, 2.05) is 0 Å². The molecule has 0 radical (unpaired) electrons. The number of alkyl halides is 3. The van der Waals surface area contributed by atoms with Crippen molar-refractivity contribution in [1.82, 2.24) is 29.7 Å². The zero-order valence-electron chi connectivity index (χ0n) is 19.9. The third-order valence-corrected chi connectivity index (χ3v) is 5.33. The van der Waals surface area contributed by atoms with E-state index >= 15 is 0 Å². The number of fused-ring (bicyclic) bond motifs is 1. The maximum atomic E-state index is 14.7. The van der Waals surface area contributed by atoms with Crippen molar-refractivity contribution < 1.29 is 17.6 Å². The molecule has 5 N–H and O–H groups in total. The molecule has 0 aliphatic heterocycles. The molecule has 0 unspecified atom stereocenters. The van der Waals surface area contributed by atoms with Crippen LogP contribution in [0.25, 0.3) is 22.2 Å². The van der Waals surface area contributed by atoms with Crippen LogP contribution in [0.1, 0.15) is 37.3 Å². The van der Waals surface area contributed by atoms with Gasteiger partial charge in [0.1, 0.15) is 11.4 Å². The van der Waals surface area contributed by atoms with Crippen molar-refractivity contribution in [2.75, 3.05) is 11.5 Å². The summed E-state index contributed by atoms with van der Waals surface area (Å²) in [6, 6.07) is 2.77. The molecule has 10 nitrogen and oxygen atoms in total. The van der Waals surface area contributed by atoms with Gasteiger partial charge in [0.25, 0.3) is 11.1 Å². The quantitative estimate of drug-likeness (QED) is 0.267. The lowest BCUT2D eigenvalue weighted by Crippen LogP contribution is -2.24. The van der Waals surface area contributed by atoms with Crippen molar-refractivity contribution in [3.8, 4) is 11.3 Å². The molecule has 4 rings (SSSR count). The number of hydrogen-bond acceptors (Lipinski definition) is 8. The molecule has 0 fully saturated rings. The molecule has 14 heteroatoms. The number of anilines is 2. The Balaban J connectivity index is 0.000000266. The van der Waals surface area contributed by atoms with Gasteiger partial charge in [0.05, 0.1) is 34.8 Å². The topological polar surface area (TPSA) is 158 Å². The zero-order valence-corrected chi connectivity index (χ0v) is 19.9. The summed E-state index contributed by atoms with van der Waals surface area (Å²) in [5.41, 5.74) is 8.67. The maximum Gasteiger partial charge on any atom is 0.423 e. The van der Waals surface area contributed by atoms with Crippen LogP contribution in [0, 0.1) is 12.7 Å². The first-order chi connectivity index (χ1) is 17.4. The Hall–Kier alpha value is -4.36. The van der Waals surface area contributed by atoms with Crippen molar-refractivity contribution in [3.63, 3.8) is 0 Å². The van der Waals surface area contributed by atoms with Crippen LogP contribution < -0.4 is 22.6 Å². The Labute approximate surface area is 207 Å². The van der Waals surface area contributed by atoms with Gasteiger partial charge in [-0.15, -0.1) is 0 Å². The highest BCUT2D eigenvalue weighted by molar-refractivity contribution is 5.83. The number of benzene rings is 1. The van der Waals surface area contributed by atoms with E-state index in [0.717, 1.165) is 25.5 Å². The first-order valence-corrected chi connectivity index (χ1v) is 11.1. The molecule has 3 heterocycles. The summed E-state index contributed by atoms with van der Waals surface area (Å²) >= 11 is 0. The number of rotatable bonds is 5. The van der Waals surface area contributed by atoms with Gasteiger partial charge in [0.2, 0.25) is 5.95 Å². The second-order valence-electron chi connectivity index (χ2n) is 8.09. The normalized spacial score (nSPS) is 11.3. The molecule has 3 aromatic heterocycles. The van der Waals surface area contributed by atoms with E-state index in [-0.39, 0.29) is 22.5 Å². The summed E-state index contributed by atoms with van der Waals surface area (Å²) in [6.45, 7) is 4.46. The van der Waals surface area contributed by atoms with Crippen LogP contribution in [0.5, 0.6) is 0 Å². The predicted molar refractivity (Wildman–Crippen MR) is 130 cm³/mol. The number of aryl methyl sites for hydroxylation is 2. The molecule has 0 aliphatic rings. The average molecular weight is 520 g/mol. The first-order valence-electron chi connectivity index (χ1n) is 11.1. The minimum absolute atomic E-state index is 0.0689. The van der Waals surface area contributed by atoms with E-state index in [2.05, 4.69) is 27.0 Å². The third kappa shape index (κ3) is 6.26. The van der Waals surface area contributed by atoms with Gasteiger partial charge in [-0.1, -0.05) is 19.8 Å². The molecule has 0 atom stereocenters. The van der Waals surface area contributed by atoms with Gasteiger partial charge >= 0.3 is 6.18 Å². The molecule has 0 saturated heterocycles. The van der Waals surface area contributed by atoms with Crippen LogP contribution >= 0.6 is 0 Å². The highest BCUT2D eigenvalue weighted by atomic mass is 19.4. The van der Waals surface area contributed by atoms with Crippen molar-refractivity contribution in [1.29, 1.82) is 0 Å². The molecule has 4 aromatic rings. The number of nitrogens with one attached hydrogen (secondary N) is 1. The summed E-state index contributed by atoms with van der Waals surface area (Å²) in [5, 5.41) is 5.00. The van der Waals surface area contributed by atoms with Crippen LogP contribution in [0.2, 0.25) is 0 Å². The minimum atomic E-state index is -4.74. The van der Waals surface area contributed by atoms with Crippen LogP contribution in [0.3, 0.4) is 0 Å². The van der Waals surface area contributed by atoms with Crippen LogP contribution in [-0.2, 0) is 12.7 Å². The smallest absolute Gasteiger partial charge is 0.397 e. The number of aromatic amines is 1. The Morgan fingerprint density at radius 3 is 2.43 bits per heavy atom. The van der Waals surface area contributed by atoms with Crippen molar-refractivity contribution in [2.24, 2.45) is 0 Å². The largest absolute Gasteiger partial charge is 0.423 e. The van der Waals surface area contributed by atoms with Crippen LogP contribution in [0.15, 0.2) is 40.4 Å². The van der Waals surface area contributed by atoms with E-state index < -0.39 is 28.8 Å². The number of H-pyrrole nitrogens is 1. The van der Waals surface area contributed by atoms with Crippen LogP contribution in [-0.4, -0.2) is 29.7 Å². The van der Waals surface area contributed by atoms with Gasteiger partial charge in [0, 0.05) is 18.3 Å². The molecule has 0 bridgehead atoms. The number of halogens is 4. The van der Waals surface area contributed by atoms with Gasteiger partial charge in [0.15, 0.2) is 0 Å². The number of nitrogens with two attached hydrogens (primary N) is 2. The van der Waals surface area contributed by atoms with Crippen molar-refractivity contribution in [3.05, 3.63) is 68.5 Å². The Kier molecular flexibility index (Phi) is 8.20. The Morgan fingerprint density at radius 1 is 1.08 bits per heavy atom. The van der Waals surface area contributed by atoms with Gasteiger partial charge in [-0.05, 0) is 31.0 Å². The fourth-order valence-corrected chi connectivity index (χ4v) is 3.48. The molecule has 0 saturated carbocycles. The van der Waals surface area contributed by atoms with Gasteiger partial charge in [-0.2, -0.15) is 18.3 Å². The van der Waals surface area contributed by atoms with Crippen LogP contribution in [0.4, 0.5) is 29.2 Å².